The van der Waals surface area contributed by atoms with Gasteiger partial charge in [0.2, 0.25) is 0 Å². The third-order valence-electron chi connectivity index (χ3n) is 3.57. The van der Waals surface area contributed by atoms with E-state index in [4.69, 9.17) is 16.7 Å². The first-order chi connectivity index (χ1) is 10.9. The first-order valence-corrected chi connectivity index (χ1v) is 7.43. The summed E-state index contributed by atoms with van der Waals surface area (Å²) in [5.74, 6) is -1.10. The SMILES string of the molecule is Cc1cc(C)nc(Cn2nc(C)c3c(Cl)c(C(=O)O)cnc32)c1. The van der Waals surface area contributed by atoms with Gasteiger partial charge in [0.05, 0.1) is 33.9 Å². The smallest absolute Gasteiger partial charge is 0.338 e. The van der Waals surface area contributed by atoms with Crippen molar-refractivity contribution < 1.29 is 9.90 Å². The molecule has 0 atom stereocenters. The van der Waals surface area contributed by atoms with Gasteiger partial charge in [-0.3, -0.25) is 4.98 Å². The van der Waals surface area contributed by atoms with Crippen LogP contribution in [-0.4, -0.2) is 30.8 Å². The molecular weight excluding hydrogens is 316 g/mol. The molecule has 0 spiro atoms. The van der Waals surface area contributed by atoms with Crippen LogP contribution in [0.1, 0.15) is 33.0 Å². The van der Waals surface area contributed by atoms with Gasteiger partial charge >= 0.3 is 5.97 Å². The molecule has 0 saturated heterocycles. The van der Waals surface area contributed by atoms with E-state index in [1.165, 1.54) is 6.20 Å². The average molecular weight is 331 g/mol. The Labute approximate surface area is 137 Å². The second-order valence-electron chi connectivity index (χ2n) is 5.51. The Morgan fingerprint density at radius 1 is 1.30 bits per heavy atom. The van der Waals surface area contributed by atoms with Crippen LogP contribution >= 0.6 is 11.6 Å². The fourth-order valence-electron chi connectivity index (χ4n) is 2.69. The number of hydrogen-bond donors (Lipinski definition) is 1. The van der Waals surface area contributed by atoms with E-state index in [0.29, 0.717) is 23.3 Å². The zero-order chi connectivity index (χ0) is 16.7. The van der Waals surface area contributed by atoms with E-state index >= 15 is 0 Å². The standard InChI is InChI=1S/C16H15ClN4O2/c1-8-4-9(2)19-11(5-8)7-21-15-13(10(3)20-21)14(17)12(6-18-15)16(22)23/h4-6H,7H2,1-3H3,(H,22,23). The highest BCUT2D eigenvalue weighted by Crippen LogP contribution is 2.28. The van der Waals surface area contributed by atoms with Crippen molar-refractivity contribution in [2.45, 2.75) is 27.3 Å². The van der Waals surface area contributed by atoms with Crippen LogP contribution in [0.5, 0.6) is 0 Å². The first-order valence-electron chi connectivity index (χ1n) is 7.06. The molecule has 3 rings (SSSR count). The van der Waals surface area contributed by atoms with Crippen LogP contribution in [0.15, 0.2) is 18.3 Å². The molecule has 3 heterocycles. The van der Waals surface area contributed by atoms with E-state index in [2.05, 4.69) is 15.1 Å². The van der Waals surface area contributed by atoms with E-state index in [0.717, 1.165) is 17.0 Å². The molecule has 0 radical (unpaired) electrons. The maximum absolute atomic E-state index is 11.2. The van der Waals surface area contributed by atoms with Gasteiger partial charge in [-0.1, -0.05) is 11.6 Å². The van der Waals surface area contributed by atoms with Gasteiger partial charge in [-0.2, -0.15) is 5.10 Å². The number of hydrogen-bond acceptors (Lipinski definition) is 4. The van der Waals surface area contributed by atoms with Crippen LogP contribution in [0.2, 0.25) is 5.02 Å². The van der Waals surface area contributed by atoms with Crippen molar-refractivity contribution in [3.05, 3.63) is 51.6 Å². The van der Waals surface area contributed by atoms with Gasteiger partial charge in [0.15, 0.2) is 5.65 Å². The van der Waals surface area contributed by atoms with Gasteiger partial charge in [0.1, 0.15) is 0 Å². The Balaban J connectivity index is 2.12. The van der Waals surface area contributed by atoms with E-state index in [-0.39, 0.29) is 10.6 Å². The van der Waals surface area contributed by atoms with Crippen LogP contribution in [0, 0.1) is 20.8 Å². The summed E-state index contributed by atoms with van der Waals surface area (Å²) in [5.41, 5.74) is 4.11. The summed E-state index contributed by atoms with van der Waals surface area (Å²) in [6, 6.07) is 3.99. The number of aromatic nitrogens is 4. The largest absolute Gasteiger partial charge is 0.478 e. The summed E-state index contributed by atoms with van der Waals surface area (Å²) in [6.07, 6.45) is 1.26. The molecule has 3 aromatic heterocycles. The van der Waals surface area contributed by atoms with Gasteiger partial charge in [-0.25, -0.2) is 14.5 Å². The molecule has 6 nitrogen and oxygen atoms in total. The summed E-state index contributed by atoms with van der Waals surface area (Å²) >= 11 is 6.22. The normalized spacial score (nSPS) is 11.1. The van der Waals surface area contributed by atoms with Crippen molar-refractivity contribution >= 4 is 28.6 Å². The summed E-state index contributed by atoms with van der Waals surface area (Å²) in [6.45, 7) is 6.19. The average Bonchev–Trinajstić information content (AvgIpc) is 2.74. The van der Waals surface area contributed by atoms with Gasteiger partial charge < -0.3 is 5.11 Å². The fraction of sp³-hybridized carbons (Fsp3) is 0.250. The highest BCUT2D eigenvalue weighted by Gasteiger charge is 2.19. The van der Waals surface area contributed by atoms with E-state index < -0.39 is 5.97 Å². The van der Waals surface area contributed by atoms with Crippen molar-refractivity contribution in [2.24, 2.45) is 0 Å². The van der Waals surface area contributed by atoms with Crippen LogP contribution in [-0.2, 0) is 6.54 Å². The molecule has 0 saturated carbocycles. The van der Waals surface area contributed by atoms with Gasteiger partial charge in [-0.05, 0) is 38.5 Å². The highest BCUT2D eigenvalue weighted by atomic mass is 35.5. The summed E-state index contributed by atoms with van der Waals surface area (Å²) < 4.78 is 1.70. The molecule has 0 bridgehead atoms. The van der Waals surface area contributed by atoms with Crippen LogP contribution in [0.4, 0.5) is 0 Å². The predicted molar refractivity (Wildman–Crippen MR) is 87.0 cm³/mol. The van der Waals surface area contributed by atoms with E-state index in [1.54, 1.807) is 11.6 Å². The lowest BCUT2D eigenvalue weighted by molar-refractivity contribution is 0.0697. The van der Waals surface area contributed by atoms with Gasteiger partial charge in [0.25, 0.3) is 0 Å². The van der Waals surface area contributed by atoms with Crippen LogP contribution in [0.3, 0.4) is 0 Å². The number of nitrogens with zero attached hydrogens (tertiary/aromatic N) is 4. The second kappa shape index (κ2) is 5.62. The molecular formula is C16H15ClN4O2. The fourth-order valence-corrected chi connectivity index (χ4v) is 3.04. The lowest BCUT2D eigenvalue weighted by atomic mass is 10.2. The lowest BCUT2D eigenvalue weighted by Gasteiger charge is -2.06. The number of carbonyl (C=O) groups is 1. The molecule has 0 unspecified atom stereocenters. The molecule has 118 valence electrons. The Kier molecular flexibility index (Phi) is 3.77. The highest BCUT2D eigenvalue weighted by molar-refractivity contribution is 6.38. The van der Waals surface area contributed by atoms with Crippen molar-refractivity contribution in [3.63, 3.8) is 0 Å². The zero-order valence-corrected chi connectivity index (χ0v) is 13.7. The quantitative estimate of drug-likeness (QED) is 0.797. The number of rotatable bonds is 3. The monoisotopic (exact) mass is 330 g/mol. The first kappa shape index (κ1) is 15.4. The topological polar surface area (TPSA) is 80.9 Å². The van der Waals surface area contributed by atoms with E-state index in [1.807, 2.05) is 26.0 Å². The number of halogens is 1. The van der Waals surface area contributed by atoms with Gasteiger partial charge in [-0.15, -0.1) is 0 Å². The van der Waals surface area contributed by atoms with E-state index in [9.17, 15) is 4.79 Å². The second-order valence-corrected chi connectivity index (χ2v) is 5.89. The van der Waals surface area contributed by atoms with Crippen molar-refractivity contribution in [1.82, 2.24) is 19.7 Å². The Morgan fingerprint density at radius 3 is 2.70 bits per heavy atom. The number of pyridine rings is 2. The van der Waals surface area contributed by atoms with Crippen molar-refractivity contribution in [3.8, 4) is 0 Å². The summed E-state index contributed by atoms with van der Waals surface area (Å²) in [4.78, 5) is 19.9. The van der Waals surface area contributed by atoms with Crippen molar-refractivity contribution in [1.29, 1.82) is 0 Å². The molecule has 0 aliphatic rings. The number of carboxylic acid groups (broad SMARTS) is 1. The van der Waals surface area contributed by atoms with Crippen LogP contribution in [0.25, 0.3) is 11.0 Å². The third-order valence-corrected chi connectivity index (χ3v) is 3.96. The summed E-state index contributed by atoms with van der Waals surface area (Å²) in [7, 11) is 0. The number of fused-ring (bicyclic) bond motifs is 1. The molecule has 23 heavy (non-hydrogen) atoms. The number of carboxylic acids is 1. The molecule has 0 aliphatic carbocycles. The molecule has 0 amide bonds. The molecule has 0 fully saturated rings. The maximum Gasteiger partial charge on any atom is 0.338 e. The lowest BCUT2D eigenvalue weighted by Crippen LogP contribution is -2.06. The molecule has 7 heteroatoms. The minimum absolute atomic E-state index is 0.0219. The Hall–Kier alpha value is -2.47. The zero-order valence-electron chi connectivity index (χ0n) is 13.0. The Morgan fingerprint density at radius 2 is 2.04 bits per heavy atom. The summed E-state index contributed by atoms with van der Waals surface area (Å²) in [5, 5.41) is 14.3. The van der Waals surface area contributed by atoms with Gasteiger partial charge in [0, 0.05) is 11.9 Å². The molecule has 0 aromatic carbocycles. The number of aryl methyl sites for hydroxylation is 3. The third kappa shape index (κ3) is 2.77. The Bertz CT molecular complexity index is 913. The maximum atomic E-state index is 11.2. The van der Waals surface area contributed by atoms with Crippen LogP contribution < -0.4 is 0 Å². The molecule has 0 aliphatic heterocycles. The molecule has 1 N–H and O–H groups in total. The van der Waals surface area contributed by atoms with Crippen molar-refractivity contribution in [2.75, 3.05) is 0 Å². The molecule has 3 aromatic rings. The minimum Gasteiger partial charge on any atom is -0.478 e. The number of aromatic carboxylic acids is 1. The predicted octanol–water partition coefficient (Wildman–Crippen LogP) is 3.15. The minimum atomic E-state index is -1.10.